The number of rotatable bonds is 3. The van der Waals surface area contributed by atoms with Crippen LogP contribution in [0, 0.1) is 0 Å². The second kappa shape index (κ2) is 7.19. The van der Waals surface area contributed by atoms with Crippen molar-refractivity contribution in [2.24, 2.45) is 0 Å². The number of esters is 1. The number of hydrogen-bond donors (Lipinski definition) is 4. The summed E-state index contributed by atoms with van der Waals surface area (Å²) in [7, 11) is 0. The molecule has 6 nitrogen and oxygen atoms in total. The molecule has 0 spiro atoms. The van der Waals surface area contributed by atoms with Crippen molar-refractivity contribution < 1.29 is 30.0 Å². The molecule has 6 heteroatoms. The van der Waals surface area contributed by atoms with E-state index in [0.29, 0.717) is 19.3 Å². The minimum Gasteiger partial charge on any atom is -0.466 e. The predicted molar refractivity (Wildman–Crippen MR) is 67.3 cm³/mol. The van der Waals surface area contributed by atoms with Crippen LogP contribution in [0.3, 0.4) is 0 Å². The van der Waals surface area contributed by atoms with E-state index >= 15 is 0 Å². The van der Waals surface area contributed by atoms with E-state index in [2.05, 4.69) is 0 Å². The summed E-state index contributed by atoms with van der Waals surface area (Å²) in [6.07, 6.45) is -1.87. The van der Waals surface area contributed by atoms with Gasteiger partial charge in [0.2, 0.25) is 0 Å². The van der Waals surface area contributed by atoms with Crippen LogP contribution in [0.5, 0.6) is 0 Å². The fourth-order valence-electron chi connectivity index (χ4n) is 2.42. The smallest absolute Gasteiger partial charge is 0.308 e. The molecule has 0 aromatic rings. The summed E-state index contributed by atoms with van der Waals surface area (Å²) >= 11 is 0. The Bertz CT molecular complexity index is 295. The summed E-state index contributed by atoms with van der Waals surface area (Å²) in [6.45, 7) is 1.88. The SMILES string of the molecule is CCOC(=O)CC1(O)CCCCC(O)C(O)CC1O. The molecular weight excluding hydrogens is 252 g/mol. The molecule has 0 bridgehead atoms. The van der Waals surface area contributed by atoms with Crippen molar-refractivity contribution in [3.8, 4) is 0 Å². The second-order valence-electron chi connectivity index (χ2n) is 5.22. The Labute approximate surface area is 113 Å². The molecule has 0 aromatic heterocycles. The van der Waals surface area contributed by atoms with Crippen LogP contribution in [-0.2, 0) is 9.53 Å². The van der Waals surface area contributed by atoms with Gasteiger partial charge < -0.3 is 25.2 Å². The molecule has 0 radical (unpaired) electrons. The van der Waals surface area contributed by atoms with Gasteiger partial charge in [-0.1, -0.05) is 12.8 Å². The molecule has 0 heterocycles. The monoisotopic (exact) mass is 276 g/mol. The zero-order chi connectivity index (χ0) is 14.5. The lowest BCUT2D eigenvalue weighted by Gasteiger charge is -2.33. The standard InChI is InChI=1S/C13H24O6/c1-2-19-12(17)8-13(18)6-4-3-5-9(14)10(15)7-11(13)16/h9-11,14-16,18H,2-8H2,1H3. The van der Waals surface area contributed by atoms with E-state index in [1.807, 2.05) is 0 Å². The summed E-state index contributed by atoms with van der Waals surface area (Å²) in [5.74, 6) is -0.571. The number of carbonyl (C=O) groups excluding carboxylic acids is 1. The summed E-state index contributed by atoms with van der Waals surface area (Å²) < 4.78 is 4.79. The second-order valence-corrected chi connectivity index (χ2v) is 5.22. The third-order valence-corrected chi connectivity index (χ3v) is 3.64. The van der Waals surface area contributed by atoms with E-state index in [1.165, 1.54) is 0 Å². The summed E-state index contributed by atoms with van der Waals surface area (Å²) in [6, 6.07) is 0. The highest BCUT2D eigenvalue weighted by Crippen LogP contribution is 2.29. The highest BCUT2D eigenvalue weighted by molar-refractivity contribution is 5.70. The zero-order valence-corrected chi connectivity index (χ0v) is 11.3. The van der Waals surface area contributed by atoms with Crippen molar-refractivity contribution in [2.45, 2.75) is 69.4 Å². The van der Waals surface area contributed by atoms with Gasteiger partial charge in [0.1, 0.15) is 5.60 Å². The van der Waals surface area contributed by atoms with Crippen LogP contribution in [0.2, 0.25) is 0 Å². The molecule has 0 aromatic carbocycles. The van der Waals surface area contributed by atoms with Gasteiger partial charge in [-0.25, -0.2) is 0 Å². The average molecular weight is 276 g/mol. The minimum atomic E-state index is -1.60. The molecule has 4 unspecified atom stereocenters. The number of aliphatic hydroxyl groups is 4. The van der Waals surface area contributed by atoms with Gasteiger partial charge in [0.15, 0.2) is 0 Å². The molecule has 4 atom stereocenters. The van der Waals surface area contributed by atoms with Gasteiger partial charge in [-0.05, 0) is 19.8 Å². The van der Waals surface area contributed by atoms with Crippen LogP contribution in [0.4, 0.5) is 0 Å². The van der Waals surface area contributed by atoms with Crippen LogP contribution in [0.1, 0.15) is 45.4 Å². The van der Waals surface area contributed by atoms with Crippen molar-refractivity contribution in [3.05, 3.63) is 0 Å². The van der Waals surface area contributed by atoms with E-state index in [9.17, 15) is 25.2 Å². The van der Waals surface area contributed by atoms with Crippen LogP contribution >= 0.6 is 0 Å². The van der Waals surface area contributed by atoms with Crippen LogP contribution < -0.4 is 0 Å². The Morgan fingerprint density at radius 1 is 1.26 bits per heavy atom. The Morgan fingerprint density at radius 2 is 1.95 bits per heavy atom. The van der Waals surface area contributed by atoms with Gasteiger partial charge >= 0.3 is 5.97 Å². The fourth-order valence-corrected chi connectivity index (χ4v) is 2.42. The van der Waals surface area contributed by atoms with Crippen molar-refractivity contribution in [1.29, 1.82) is 0 Å². The lowest BCUT2D eigenvalue weighted by molar-refractivity contribution is -0.158. The van der Waals surface area contributed by atoms with Crippen molar-refractivity contribution >= 4 is 5.97 Å². The quantitative estimate of drug-likeness (QED) is 0.528. The Balaban J connectivity index is 2.74. The molecule has 112 valence electrons. The lowest BCUT2D eigenvalue weighted by Crippen LogP contribution is -2.46. The van der Waals surface area contributed by atoms with Gasteiger partial charge in [0.25, 0.3) is 0 Å². The average Bonchev–Trinajstić information content (AvgIpc) is 2.37. The molecule has 1 aliphatic rings. The summed E-state index contributed by atoms with van der Waals surface area (Å²) in [5.41, 5.74) is -1.60. The summed E-state index contributed by atoms with van der Waals surface area (Å²) in [5, 5.41) is 39.8. The van der Waals surface area contributed by atoms with E-state index < -0.39 is 29.9 Å². The third kappa shape index (κ3) is 4.72. The van der Waals surface area contributed by atoms with E-state index in [4.69, 9.17) is 4.74 Å². The van der Waals surface area contributed by atoms with Crippen molar-refractivity contribution in [1.82, 2.24) is 0 Å². The molecular formula is C13H24O6. The van der Waals surface area contributed by atoms with Crippen LogP contribution in [0.15, 0.2) is 0 Å². The molecule has 1 saturated carbocycles. The first-order valence-electron chi connectivity index (χ1n) is 6.81. The highest BCUT2D eigenvalue weighted by Gasteiger charge is 2.40. The van der Waals surface area contributed by atoms with Crippen LogP contribution in [0.25, 0.3) is 0 Å². The summed E-state index contributed by atoms with van der Waals surface area (Å²) in [4.78, 5) is 11.5. The maximum atomic E-state index is 11.5. The lowest BCUT2D eigenvalue weighted by atomic mass is 9.85. The van der Waals surface area contributed by atoms with E-state index in [-0.39, 0.29) is 25.9 Å². The van der Waals surface area contributed by atoms with Crippen LogP contribution in [-0.4, -0.2) is 56.9 Å². The fraction of sp³-hybridized carbons (Fsp3) is 0.923. The van der Waals surface area contributed by atoms with Crippen molar-refractivity contribution in [3.63, 3.8) is 0 Å². The number of aliphatic hydroxyl groups excluding tert-OH is 3. The zero-order valence-electron chi connectivity index (χ0n) is 11.3. The topological polar surface area (TPSA) is 107 Å². The Kier molecular flexibility index (Phi) is 6.19. The molecule has 1 rings (SSSR count). The van der Waals surface area contributed by atoms with E-state index in [0.717, 1.165) is 0 Å². The Morgan fingerprint density at radius 3 is 2.58 bits per heavy atom. The minimum absolute atomic E-state index is 0.156. The number of ether oxygens (including phenoxy) is 1. The Hall–Kier alpha value is -0.690. The first kappa shape index (κ1) is 16.4. The molecule has 1 aliphatic carbocycles. The normalized spacial score (nSPS) is 37.0. The molecule has 0 aliphatic heterocycles. The highest BCUT2D eigenvalue weighted by atomic mass is 16.5. The first-order chi connectivity index (χ1) is 8.89. The van der Waals surface area contributed by atoms with Crippen molar-refractivity contribution in [2.75, 3.05) is 6.61 Å². The van der Waals surface area contributed by atoms with Gasteiger partial charge in [0.05, 0.1) is 31.3 Å². The van der Waals surface area contributed by atoms with Gasteiger partial charge in [0, 0.05) is 6.42 Å². The molecule has 1 fully saturated rings. The van der Waals surface area contributed by atoms with Gasteiger partial charge in [-0.3, -0.25) is 4.79 Å². The number of hydrogen-bond acceptors (Lipinski definition) is 6. The third-order valence-electron chi connectivity index (χ3n) is 3.64. The largest absolute Gasteiger partial charge is 0.466 e. The molecule has 0 saturated heterocycles. The predicted octanol–water partition coefficient (Wildman–Crippen LogP) is -0.283. The molecule has 19 heavy (non-hydrogen) atoms. The van der Waals surface area contributed by atoms with E-state index in [1.54, 1.807) is 6.92 Å². The maximum Gasteiger partial charge on any atom is 0.308 e. The number of carbonyl (C=O) groups is 1. The van der Waals surface area contributed by atoms with Gasteiger partial charge in [-0.2, -0.15) is 0 Å². The van der Waals surface area contributed by atoms with Gasteiger partial charge in [-0.15, -0.1) is 0 Å². The maximum absolute atomic E-state index is 11.5. The molecule has 0 amide bonds. The molecule has 4 N–H and O–H groups in total. The first-order valence-corrected chi connectivity index (χ1v) is 6.81.